The molecule has 18 heavy (non-hydrogen) atoms. The summed E-state index contributed by atoms with van der Waals surface area (Å²) in [6.07, 6.45) is 0. The zero-order chi connectivity index (χ0) is 13.1. The van der Waals surface area contributed by atoms with Crippen LogP contribution in [0.1, 0.15) is 23.3 Å². The maximum Gasteiger partial charge on any atom is 0.147 e. The van der Waals surface area contributed by atoms with E-state index >= 15 is 0 Å². The molecule has 2 rings (SSSR count). The Morgan fingerprint density at radius 2 is 2.06 bits per heavy atom. The topological polar surface area (TPSA) is 42.7 Å². The first-order valence-corrected chi connectivity index (χ1v) is 5.91. The van der Waals surface area contributed by atoms with Crippen molar-refractivity contribution >= 4 is 0 Å². The molecule has 0 bridgehead atoms. The molecular formula is C13H17FN4. The third kappa shape index (κ3) is 2.56. The van der Waals surface area contributed by atoms with Crippen molar-refractivity contribution in [3.05, 3.63) is 47.3 Å². The first-order valence-electron chi connectivity index (χ1n) is 5.91. The van der Waals surface area contributed by atoms with Gasteiger partial charge in [-0.25, -0.2) is 14.1 Å². The average Bonchev–Trinajstić information content (AvgIpc) is 2.66. The third-order valence-corrected chi connectivity index (χ3v) is 2.95. The Morgan fingerprint density at radius 1 is 1.33 bits per heavy atom. The van der Waals surface area contributed by atoms with Gasteiger partial charge in [0.15, 0.2) is 0 Å². The Kier molecular flexibility index (Phi) is 3.72. The molecule has 2 aromatic rings. The summed E-state index contributed by atoms with van der Waals surface area (Å²) < 4.78 is 15.5. The van der Waals surface area contributed by atoms with E-state index in [1.807, 2.05) is 27.0 Å². The van der Waals surface area contributed by atoms with Crippen LogP contribution in [0.15, 0.2) is 24.3 Å². The van der Waals surface area contributed by atoms with E-state index in [1.54, 1.807) is 16.8 Å². The predicted octanol–water partition coefficient (Wildman–Crippen LogP) is 1.99. The van der Waals surface area contributed by atoms with Gasteiger partial charge in [0.25, 0.3) is 0 Å². The fourth-order valence-corrected chi connectivity index (χ4v) is 2.01. The minimum Gasteiger partial charge on any atom is -0.311 e. The van der Waals surface area contributed by atoms with E-state index in [-0.39, 0.29) is 11.9 Å². The van der Waals surface area contributed by atoms with E-state index in [0.29, 0.717) is 12.1 Å². The van der Waals surface area contributed by atoms with E-state index in [4.69, 9.17) is 0 Å². The molecule has 1 N–H and O–H groups in total. The number of benzene rings is 1. The molecule has 96 valence electrons. The molecule has 0 spiro atoms. The number of likely N-dealkylation sites (N-methyl/N-ethyl adjacent to an activating group) is 1. The quantitative estimate of drug-likeness (QED) is 0.900. The minimum absolute atomic E-state index is 0.119. The Bertz CT molecular complexity index is 536. The van der Waals surface area contributed by atoms with Crippen LogP contribution < -0.4 is 5.32 Å². The second-order valence-corrected chi connectivity index (χ2v) is 4.25. The Hall–Kier alpha value is -1.75. The van der Waals surface area contributed by atoms with Crippen LogP contribution in [0, 0.1) is 19.7 Å². The van der Waals surface area contributed by atoms with E-state index in [2.05, 4.69) is 15.4 Å². The zero-order valence-corrected chi connectivity index (χ0v) is 10.8. The van der Waals surface area contributed by atoms with Crippen molar-refractivity contribution < 1.29 is 4.39 Å². The number of nitrogens with zero attached hydrogens (tertiary/aromatic N) is 3. The average molecular weight is 248 g/mol. The normalized spacial score (nSPS) is 12.7. The van der Waals surface area contributed by atoms with Crippen LogP contribution in [0.4, 0.5) is 4.39 Å². The van der Waals surface area contributed by atoms with Gasteiger partial charge in [-0.2, -0.15) is 5.10 Å². The van der Waals surface area contributed by atoms with Crippen molar-refractivity contribution in [2.24, 2.45) is 0 Å². The summed E-state index contributed by atoms with van der Waals surface area (Å²) in [7, 11) is 1.82. The minimum atomic E-state index is -0.202. The fourth-order valence-electron chi connectivity index (χ4n) is 2.01. The largest absolute Gasteiger partial charge is 0.311 e. The van der Waals surface area contributed by atoms with Gasteiger partial charge in [0, 0.05) is 5.56 Å². The molecular weight excluding hydrogens is 231 g/mol. The van der Waals surface area contributed by atoms with Crippen LogP contribution in [0.2, 0.25) is 0 Å². The van der Waals surface area contributed by atoms with Gasteiger partial charge < -0.3 is 5.32 Å². The van der Waals surface area contributed by atoms with Gasteiger partial charge in [-0.15, -0.1) is 0 Å². The van der Waals surface area contributed by atoms with Gasteiger partial charge in [-0.3, -0.25) is 0 Å². The predicted molar refractivity (Wildman–Crippen MR) is 67.7 cm³/mol. The Labute approximate surface area is 106 Å². The molecule has 0 saturated carbocycles. The number of aromatic nitrogens is 3. The third-order valence-electron chi connectivity index (χ3n) is 2.95. The van der Waals surface area contributed by atoms with Crippen molar-refractivity contribution in [3.8, 4) is 0 Å². The highest BCUT2D eigenvalue weighted by atomic mass is 19.1. The van der Waals surface area contributed by atoms with Crippen LogP contribution in [0.3, 0.4) is 0 Å². The van der Waals surface area contributed by atoms with Crippen LogP contribution in [0.25, 0.3) is 0 Å². The van der Waals surface area contributed by atoms with Crippen molar-refractivity contribution in [1.29, 1.82) is 0 Å². The standard InChI is InChI=1S/C13H17FN4/c1-9-16-10(2)18(17-9)8-13(15-3)11-6-4-5-7-12(11)14/h4-7,13,15H,8H2,1-3H3. The van der Waals surface area contributed by atoms with Gasteiger partial charge in [-0.05, 0) is 27.0 Å². The Morgan fingerprint density at radius 3 is 2.61 bits per heavy atom. The molecule has 0 aliphatic carbocycles. The monoisotopic (exact) mass is 248 g/mol. The van der Waals surface area contributed by atoms with E-state index in [9.17, 15) is 4.39 Å². The fraction of sp³-hybridized carbons (Fsp3) is 0.385. The summed E-state index contributed by atoms with van der Waals surface area (Å²) in [5.74, 6) is 1.37. The van der Waals surface area contributed by atoms with Crippen molar-refractivity contribution in [1.82, 2.24) is 20.1 Å². The molecule has 0 radical (unpaired) electrons. The second-order valence-electron chi connectivity index (χ2n) is 4.25. The van der Waals surface area contributed by atoms with Crippen LogP contribution >= 0.6 is 0 Å². The highest BCUT2D eigenvalue weighted by Crippen LogP contribution is 2.18. The van der Waals surface area contributed by atoms with Crippen molar-refractivity contribution in [3.63, 3.8) is 0 Å². The number of aryl methyl sites for hydroxylation is 2. The van der Waals surface area contributed by atoms with Gasteiger partial charge in [0.05, 0.1) is 12.6 Å². The first kappa shape index (κ1) is 12.7. The van der Waals surface area contributed by atoms with E-state index in [1.165, 1.54) is 6.07 Å². The highest BCUT2D eigenvalue weighted by Gasteiger charge is 2.15. The van der Waals surface area contributed by atoms with Crippen LogP contribution in [0.5, 0.6) is 0 Å². The summed E-state index contributed by atoms with van der Waals surface area (Å²) in [5, 5.41) is 7.41. The van der Waals surface area contributed by atoms with Gasteiger partial charge in [0.1, 0.15) is 17.5 Å². The zero-order valence-electron chi connectivity index (χ0n) is 10.8. The lowest BCUT2D eigenvalue weighted by Gasteiger charge is -2.17. The SMILES string of the molecule is CNC(Cn1nc(C)nc1C)c1ccccc1F. The smallest absolute Gasteiger partial charge is 0.147 e. The maximum atomic E-state index is 13.7. The molecule has 4 nitrogen and oxygen atoms in total. The van der Waals surface area contributed by atoms with Gasteiger partial charge >= 0.3 is 0 Å². The molecule has 1 aromatic heterocycles. The number of hydrogen-bond acceptors (Lipinski definition) is 3. The molecule has 1 unspecified atom stereocenters. The molecule has 0 amide bonds. The lowest BCUT2D eigenvalue weighted by atomic mass is 10.1. The number of nitrogens with one attached hydrogen (secondary N) is 1. The molecule has 0 fully saturated rings. The summed E-state index contributed by atoms with van der Waals surface area (Å²) in [6, 6.07) is 6.67. The first-order chi connectivity index (χ1) is 8.61. The second kappa shape index (κ2) is 5.27. The lowest BCUT2D eigenvalue weighted by Crippen LogP contribution is -2.24. The van der Waals surface area contributed by atoms with Crippen molar-refractivity contribution in [2.45, 2.75) is 26.4 Å². The molecule has 0 saturated heterocycles. The number of halogens is 1. The van der Waals surface area contributed by atoms with E-state index < -0.39 is 0 Å². The van der Waals surface area contributed by atoms with Gasteiger partial charge in [0.2, 0.25) is 0 Å². The maximum absolute atomic E-state index is 13.7. The molecule has 1 heterocycles. The molecule has 5 heteroatoms. The van der Waals surface area contributed by atoms with E-state index in [0.717, 1.165) is 11.6 Å². The molecule has 0 aliphatic rings. The summed E-state index contributed by atoms with van der Waals surface area (Å²) in [5.41, 5.74) is 0.646. The summed E-state index contributed by atoms with van der Waals surface area (Å²) >= 11 is 0. The molecule has 1 aromatic carbocycles. The van der Waals surface area contributed by atoms with Crippen LogP contribution in [-0.4, -0.2) is 21.8 Å². The molecule has 1 atom stereocenters. The van der Waals surface area contributed by atoms with Crippen LogP contribution in [-0.2, 0) is 6.54 Å². The number of hydrogen-bond donors (Lipinski definition) is 1. The Balaban J connectivity index is 2.25. The summed E-state index contributed by atoms with van der Waals surface area (Å²) in [4.78, 5) is 4.24. The molecule has 0 aliphatic heterocycles. The summed E-state index contributed by atoms with van der Waals surface area (Å²) in [6.45, 7) is 4.30. The van der Waals surface area contributed by atoms with Crippen molar-refractivity contribution in [2.75, 3.05) is 7.05 Å². The number of rotatable bonds is 4. The highest BCUT2D eigenvalue weighted by molar-refractivity contribution is 5.21. The van der Waals surface area contributed by atoms with Gasteiger partial charge in [-0.1, -0.05) is 18.2 Å². The lowest BCUT2D eigenvalue weighted by molar-refractivity contribution is 0.441.